The molecule has 2 aromatic rings. The first-order valence-electron chi connectivity index (χ1n) is 6.70. The lowest BCUT2D eigenvalue weighted by Crippen LogP contribution is -2.27. The SMILES string of the molecule is Cc1ccc(NN)c(C(=O)NCCc2ccc(F)cc2)c1. The van der Waals surface area contributed by atoms with Gasteiger partial charge >= 0.3 is 0 Å². The number of aryl methyl sites for hydroxylation is 1. The predicted molar refractivity (Wildman–Crippen MR) is 81.4 cm³/mol. The monoisotopic (exact) mass is 287 g/mol. The molecular weight excluding hydrogens is 269 g/mol. The Balaban J connectivity index is 1.95. The summed E-state index contributed by atoms with van der Waals surface area (Å²) in [6.07, 6.45) is 0.642. The van der Waals surface area contributed by atoms with Gasteiger partial charge < -0.3 is 10.7 Å². The summed E-state index contributed by atoms with van der Waals surface area (Å²) in [5.74, 6) is 4.96. The van der Waals surface area contributed by atoms with Crippen LogP contribution < -0.4 is 16.6 Å². The standard InChI is InChI=1S/C16H18FN3O/c1-11-2-7-15(20-18)14(10-11)16(21)19-9-8-12-3-5-13(17)6-4-12/h2-7,10,20H,8-9,18H2,1H3,(H,19,21). The molecule has 2 aromatic carbocycles. The number of amides is 1. The number of hydrazine groups is 1. The largest absolute Gasteiger partial charge is 0.352 e. The highest BCUT2D eigenvalue weighted by molar-refractivity contribution is 5.99. The Morgan fingerprint density at radius 2 is 1.90 bits per heavy atom. The molecule has 0 heterocycles. The van der Waals surface area contributed by atoms with Gasteiger partial charge in [0.1, 0.15) is 5.82 Å². The van der Waals surface area contributed by atoms with Crippen LogP contribution in [0.4, 0.5) is 10.1 Å². The minimum Gasteiger partial charge on any atom is -0.352 e. The van der Waals surface area contributed by atoms with Gasteiger partial charge in [0.2, 0.25) is 0 Å². The van der Waals surface area contributed by atoms with E-state index in [1.54, 1.807) is 24.3 Å². The Bertz CT molecular complexity index is 626. The van der Waals surface area contributed by atoms with E-state index in [0.717, 1.165) is 11.1 Å². The second kappa shape index (κ2) is 6.85. The maximum Gasteiger partial charge on any atom is 0.253 e. The minimum absolute atomic E-state index is 0.186. The lowest BCUT2D eigenvalue weighted by atomic mass is 10.1. The maximum absolute atomic E-state index is 12.8. The van der Waals surface area contributed by atoms with Crippen molar-refractivity contribution in [1.29, 1.82) is 0 Å². The van der Waals surface area contributed by atoms with Crippen LogP contribution in [-0.4, -0.2) is 12.5 Å². The van der Waals surface area contributed by atoms with E-state index in [0.29, 0.717) is 24.2 Å². The molecule has 4 nitrogen and oxygen atoms in total. The second-order valence-electron chi connectivity index (χ2n) is 4.83. The number of carbonyl (C=O) groups excluding carboxylic acids is 1. The predicted octanol–water partition coefficient (Wildman–Crippen LogP) is 2.39. The van der Waals surface area contributed by atoms with E-state index in [9.17, 15) is 9.18 Å². The fourth-order valence-electron chi connectivity index (χ4n) is 2.04. The number of nitrogens with one attached hydrogen (secondary N) is 2. The van der Waals surface area contributed by atoms with Gasteiger partial charge in [0, 0.05) is 6.54 Å². The Morgan fingerprint density at radius 1 is 1.19 bits per heavy atom. The van der Waals surface area contributed by atoms with Gasteiger partial charge in [-0.05, 0) is 43.2 Å². The summed E-state index contributed by atoms with van der Waals surface area (Å²) in [5.41, 5.74) is 5.56. The summed E-state index contributed by atoms with van der Waals surface area (Å²) < 4.78 is 12.8. The molecule has 110 valence electrons. The maximum atomic E-state index is 12.8. The third-order valence-corrected chi connectivity index (χ3v) is 3.19. The molecule has 0 atom stereocenters. The normalized spacial score (nSPS) is 10.2. The summed E-state index contributed by atoms with van der Waals surface area (Å²) in [6, 6.07) is 11.7. The molecule has 1 amide bonds. The zero-order valence-electron chi connectivity index (χ0n) is 11.8. The van der Waals surface area contributed by atoms with E-state index >= 15 is 0 Å². The number of rotatable bonds is 5. The van der Waals surface area contributed by atoms with Crippen molar-refractivity contribution in [3.8, 4) is 0 Å². The highest BCUT2D eigenvalue weighted by Crippen LogP contribution is 2.16. The van der Waals surface area contributed by atoms with Gasteiger partial charge in [-0.3, -0.25) is 10.6 Å². The number of hydrogen-bond donors (Lipinski definition) is 3. The Hall–Kier alpha value is -2.40. The number of benzene rings is 2. The number of nitrogens with two attached hydrogens (primary N) is 1. The molecule has 0 aliphatic carbocycles. The fraction of sp³-hybridized carbons (Fsp3) is 0.188. The number of hydrogen-bond acceptors (Lipinski definition) is 3. The van der Waals surface area contributed by atoms with Crippen molar-refractivity contribution in [2.45, 2.75) is 13.3 Å². The zero-order chi connectivity index (χ0) is 15.2. The summed E-state index contributed by atoms with van der Waals surface area (Å²) in [5, 5.41) is 2.84. The summed E-state index contributed by atoms with van der Waals surface area (Å²) >= 11 is 0. The molecule has 0 radical (unpaired) electrons. The summed E-state index contributed by atoms with van der Waals surface area (Å²) in [6.45, 7) is 2.39. The summed E-state index contributed by atoms with van der Waals surface area (Å²) in [7, 11) is 0. The van der Waals surface area contributed by atoms with Gasteiger partial charge in [-0.25, -0.2) is 4.39 Å². The molecule has 5 heteroatoms. The first kappa shape index (κ1) is 15.0. The molecule has 0 aliphatic rings. The van der Waals surface area contributed by atoms with Crippen molar-refractivity contribution >= 4 is 11.6 Å². The molecule has 4 N–H and O–H groups in total. The van der Waals surface area contributed by atoms with Gasteiger partial charge in [0.05, 0.1) is 11.3 Å². The van der Waals surface area contributed by atoms with E-state index in [1.807, 2.05) is 13.0 Å². The average molecular weight is 287 g/mol. The number of carbonyl (C=O) groups is 1. The van der Waals surface area contributed by atoms with Crippen LogP contribution in [0, 0.1) is 12.7 Å². The first-order valence-corrected chi connectivity index (χ1v) is 6.70. The molecule has 0 aromatic heterocycles. The number of anilines is 1. The second-order valence-corrected chi connectivity index (χ2v) is 4.83. The van der Waals surface area contributed by atoms with Crippen molar-refractivity contribution in [3.63, 3.8) is 0 Å². The van der Waals surface area contributed by atoms with Crippen LogP contribution in [0.2, 0.25) is 0 Å². The van der Waals surface area contributed by atoms with Crippen molar-refractivity contribution in [2.24, 2.45) is 5.84 Å². The van der Waals surface area contributed by atoms with Crippen molar-refractivity contribution < 1.29 is 9.18 Å². The quantitative estimate of drug-likeness (QED) is 0.584. The molecule has 0 bridgehead atoms. The Morgan fingerprint density at radius 3 is 2.57 bits per heavy atom. The minimum atomic E-state index is -0.263. The van der Waals surface area contributed by atoms with Crippen LogP contribution in [-0.2, 0) is 6.42 Å². The molecule has 0 fully saturated rings. The van der Waals surface area contributed by atoms with E-state index < -0.39 is 0 Å². The van der Waals surface area contributed by atoms with E-state index in [-0.39, 0.29) is 11.7 Å². The van der Waals surface area contributed by atoms with Crippen LogP contribution in [0.15, 0.2) is 42.5 Å². The van der Waals surface area contributed by atoms with Crippen LogP contribution in [0.3, 0.4) is 0 Å². The van der Waals surface area contributed by atoms with Crippen LogP contribution in [0.1, 0.15) is 21.5 Å². The highest BCUT2D eigenvalue weighted by Gasteiger charge is 2.10. The van der Waals surface area contributed by atoms with Crippen LogP contribution in [0.25, 0.3) is 0 Å². The van der Waals surface area contributed by atoms with Crippen LogP contribution in [0.5, 0.6) is 0 Å². The topological polar surface area (TPSA) is 67.1 Å². The van der Waals surface area contributed by atoms with E-state index in [2.05, 4.69) is 10.7 Å². The molecule has 0 spiro atoms. The molecular formula is C16H18FN3O. The molecule has 0 saturated carbocycles. The van der Waals surface area contributed by atoms with Gasteiger partial charge in [-0.1, -0.05) is 23.8 Å². The van der Waals surface area contributed by atoms with Crippen LogP contribution >= 0.6 is 0 Å². The molecule has 0 unspecified atom stereocenters. The fourth-order valence-corrected chi connectivity index (χ4v) is 2.04. The van der Waals surface area contributed by atoms with Crippen molar-refractivity contribution in [2.75, 3.05) is 12.0 Å². The zero-order valence-corrected chi connectivity index (χ0v) is 11.8. The molecule has 0 aliphatic heterocycles. The lowest BCUT2D eigenvalue weighted by Gasteiger charge is -2.10. The molecule has 2 rings (SSSR count). The van der Waals surface area contributed by atoms with E-state index in [4.69, 9.17) is 5.84 Å². The van der Waals surface area contributed by atoms with Gasteiger partial charge in [0.25, 0.3) is 5.91 Å². The highest BCUT2D eigenvalue weighted by atomic mass is 19.1. The Labute approximate surface area is 123 Å². The lowest BCUT2D eigenvalue weighted by molar-refractivity contribution is 0.0955. The molecule has 21 heavy (non-hydrogen) atoms. The van der Waals surface area contributed by atoms with Crippen molar-refractivity contribution in [3.05, 3.63) is 65.0 Å². The van der Waals surface area contributed by atoms with Gasteiger partial charge in [-0.15, -0.1) is 0 Å². The number of nitrogen functional groups attached to an aromatic ring is 1. The average Bonchev–Trinajstić information content (AvgIpc) is 2.49. The van der Waals surface area contributed by atoms with Gasteiger partial charge in [0.15, 0.2) is 0 Å². The van der Waals surface area contributed by atoms with E-state index in [1.165, 1.54) is 12.1 Å². The molecule has 0 saturated heterocycles. The van der Waals surface area contributed by atoms with Gasteiger partial charge in [-0.2, -0.15) is 0 Å². The summed E-state index contributed by atoms with van der Waals surface area (Å²) in [4.78, 5) is 12.2. The smallest absolute Gasteiger partial charge is 0.253 e. The third-order valence-electron chi connectivity index (χ3n) is 3.19. The first-order chi connectivity index (χ1) is 10.1. The van der Waals surface area contributed by atoms with Crippen molar-refractivity contribution in [1.82, 2.24) is 5.32 Å². The number of halogens is 1. The third kappa shape index (κ3) is 4.03. The Kier molecular flexibility index (Phi) is 4.90.